The summed E-state index contributed by atoms with van der Waals surface area (Å²) in [5, 5.41) is 5.88. The third-order valence-corrected chi connectivity index (χ3v) is 5.43. The molecule has 0 spiro atoms. The zero-order valence-corrected chi connectivity index (χ0v) is 17.4. The Morgan fingerprint density at radius 3 is 2.74 bits per heavy atom. The number of hydrogen-bond acceptors (Lipinski definition) is 6. The monoisotopic (exact) mass is 420 g/mol. The molecule has 160 valence electrons. The second kappa shape index (κ2) is 9.61. The summed E-state index contributed by atoms with van der Waals surface area (Å²) < 4.78 is 13.7. The molecule has 0 unspecified atom stereocenters. The average Bonchev–Trinajstić information content (AvgIpc) is 2.78. The first kappa shape index (κ1) is 20.9. The number of amides is 1. The minimum absolute atomic E-state index is 0.208. The number of carbonyl (C=O) groups excluding carboxylic acids is 1. The molecule has 0 saturated carbocycles. The first-order valence-corrected chi connectivity index (χ1v) is 10.4. The minimum atomic E-state index is -0.428. The number of aryl methyl sites for hydroxylation is 1. The molecule has 1 aliphatic rings. The number of piperidine rings is 1. The smallest absolute Gasteiger partial charge is 0.238 e. The predicted molar refractivity (Wildman–Crippen MR) is 118 cm³/mol. The summed E-state index contributed by atoms with van der Waals surface area (Å²) in [5.74, 6) is 1.09. The Labute approximate surface area is 180 Å². The van der Waals surface area contributed by atoms with Crippen molar-refractivity contribution < 1.29 is 9.18 Å². The number of rotatable bonds is 6. The van der Waals surface area contributed by atoms with Crippen molar-refractivity contribution in [3.05, 3.63) is 72.1 Å². The van der Waals surface area contributed by atoms with Crippen LogP contribution >= 0.6 is 0 Å². The molecule has 1 amide bonds. The highest BCUT2D eigenvalue weighted by molar-refractivity contribution is 5.92. The van der Waals surface area contributed by atoms with Gasteiger partial charge in [0.05, 0.1) is 24.1 Å². The van der Waals surface area contributed by atoms with Gasteiger partial charge in [0.2, 0.25) is 5.91 Å². The number of anilines is 3. The van der Waals surface area contributed by atoms with Crippen molar-refractivity contribution >= 4 is 23.2 Å². The van der Waals surface area contributed by atoms with Crippen molar-refractivity contribution in [1.82, 2.24) is 19.9 Å². The quantitative estimate of drug-likeness (QED) is 0.630. The van der Waals surface area contributed by atoms with Crippen LogP contribution in [0, 0.1) is 12.7 Å². The summed E-state index contributed by atoms with van der Waals surface area (Å²) in [4.78, 5) is 27.8. The first-order valence-electron chi connectivity index (χ1n) is 10.4. The molecule has 0 atom stereocenters. The Kier molecular flexibility index (Phi) is 6.47. The van der Waals surface area contributed by atoms with Crippen LogP contribution in [0.3, 0.4) is 0 Å². The van der Waals surface area contributed by atoms with E-state index >= 15 is 0 Å². The number of likely N-dealkylation sites (tertiary alicyclic amines) is 1. The Hall–Kier alpha value is -3.39. The highest BCUT2D eigenvalue weighted by atomic mass is 19.1. The highest BCUT2D eigenvalue weighted by Gasteiger charge is 2.23. The number of para-hydroxylation sites is 1. The van der Waals surface area contributed by atoms with Gasteiger partial charge in [-0.2, -0.15) is 0 Å². The number of carbonyl (C=O) groups is 1. The fraction of sp³-hybridized carbons (Fsp3) is 0.304. The van der Waals surface area contributed by atoms with Gasteiger partial charge < -0.3 is 10.6 Å². The van der Waals surface area contributed by atoms with Gasteiger partial charge >= 0.3 is 0 Å². The lowest BCUT2D eigenvalue weighted by molar-refractivity contribution is -0.117. The van der Waals surface area contributed by atoms with Gasteiger partial charge in [-0.05, 0) is 56.6 Å². The van der Waals surface area contributed by atoms with Crippen LogP contribution in [0.1, 0.15) is 30.0 Å². The first-order chi connectivity index (χ1) is 15.1. The Morgan fingerprint density at radius 2 is 1.97 bits per heavy atom. The number of halogens is 1. The van der Waals surface area contributed by atoms with Crippen molar-refractivity contribution in [2.45, 2.75) is 25.7 Å². The summed E-state index contributed by atoms with van der Waals surface area (Å²) in [6, 6.07) is 10.1. The van der Waals surface area contributed by atoms with Gasteiger partial charge in [-0.3, -0.25) is 14.7 Å². The molecule has 2 aromatic heterocycles. The van der Waals surface area contributed by atoms with Gasteiger partial charge in [-0.15, -0.1) is 0 Å². The summed E-state index contributed by atoms with van der Waals surface area (Å²) in [6.45, 7) is 3.78. The van der Waals surface area contributed by atoms with Crippen molar-refractivity contribution in [1.29, 1.82) is 0 Å². The Bertz CT molecular complexity index is 1050. The second-order valence-electron chi connectivity index (χ2n) is 7.70. The van der Waals surface area contributed by atoms with Crippen LogP contribution in [0.4, 0.5) is 21.7 Å². The van der Waals surface area contributed by atoms with Crippen molar-refractivity contribution in [2.24, 2.45) is 0 Å². The molecule has 0 bridgehead atoms. The van der Waals surface area contributed by atoms with Crippen LogP contribution in [-0.2, 0) is 4.79 Å². The third-order valence-electron chi connectivity index (χ3n) is 5.43. The molecule has 31 heavy (non-hydrogen) atoms. The number of benzene rings is 1. The van der Waals surface area contributed by atoms with Gasteiger partial charge in [-0.1, -0.05) is 18.2 Å². The van der Waals surface area contributed by atoms with E-state index in [1.807, 2.05) is 25.3 Å². The molecule has 3 heterocycles. The molecule has 4 rings (SSSR count). The summed E-state index contributed by atoms with van der Waals surface area (Å²) >= 11 is 0. The van der Waals surface area contributed by atoms with Gasteiger partial charge in [-0.25, -0.2) is 14.4 Å². The number of nitrogens with one attached hydrogen (secondary N) is 2. The molecule has 3 aromatic rings. The van der Waals surface area contributed by atoms with Gasteiger partial charge in [0.15, 0.2) is 0 Å². The van der Waals surface area contributed by atoms with E-state index in [0.717, 1.165) is 43.0 Å². The largest absolute Gasteiger partial charge is 0.323 e. The molecule has 0 radical (unpaired) electrons. The second-order valence-corrected chi connectivity index (χ2v) is 7.70. The molecule has 8 heteroatoms. The normalized spacial score (nSPS) is 14.9. The maximum atomic E-state index is 13.7. The van der Waals surface area contributed by atoms with E-state index in [4.69, 9.17) is 4.98 Å². The van der Waals surface area contributed by atoms with E-state index in [9.17, 15) is 9.18 Å². The summed E-state index contributed by atoms with van der Waals surface area (Å²) in [7, 11) is 0. The maximum absolute atomic E-state index is 13.7. The molecular weight excluding hydrogens is 395 g/mol. The van der Waals surface area contributed by atoms with E-state index in [1.54, 1.807) is 30.6 Å². The highest BCUT2D eigenvalue weighted by Crippen LogP contribution is 2.27. The maximum Gasteiger partial charge on any atom is 0.238 e. The third kappa shape index (κ3) is 5.40. The lowest BCUT2D eigenvalue weighted by Crippen LogP contribution is -2.39. The van der Waals surface area contributed by atoms with Crippen LogP contribution in [0.5, 0.6) is 0 Å². The molecule has 1 aliphatic heterocycles. The number of aromatic nitrogens is 3. The number of pyridine rings is 1. The molecular formula is C23H25FN6O. The van der Waals surface area contributed by atoms with E-state index < -0.39 is 5.82 Å². The average molecular weight is 420 g/mol. The zero-order valence-electron chi connectivity index (χ0n) is 17.4. The molecule has 2 N–H and O–H groups in total. The molecule has 1 aromatic carbocycles. The standard InChI is InChI=1S/C23H25FN6O/c1-16-5-4-10-26-23(16)29-21-14-25-13-20(27-21)17-8-11-30(12-9-17)15-22(31)28-19-7-3-2-6-18(19)24/h2-7,10,13-14,17H,8-9,11-12,15H2,1H3,(H,28,31)(H,26,27,29). The van der Waals surface area contributed by atoms with E-state index in [0.29, 0.717) is 5.82 Å². The predicted octanol–water partition coefficient (Wildman–Crippen LogP) is 3.88. The number of hydrogen-bond donors (Lipinski definition) is 2. The fourth-order valence-corrected chi connectivity index (χ4v) is 3.72. The van der Waals surface area contributed by atoms with Gasteiger partial charge in [0, 0.05) is 18.3 Å². The Balaban J connectivity index is 1.31. The lowest BCUT2D eigenvalue weighted by atomic mass is 9.94. The number of nitrogens with zero attached hydrogens (tertiary/aromatic N) is 4. The molecule has 7 nitrogen and oxygen atoms in total. The van der Waals surface area contributed by atoms with Crippen molar-refractivity contribution in [2.75, 3.05) is 30.3 Å². The molecule has 1 saturated heterocycles. The van der Waals surface area contributed by atoms with Crippen LogP contribution in [0.15, 0.2) is 55.0 Å². The van der Waals surface area contributed by atoms with Crippen LogP contribution < -0.4 is 10.6 Å². The van der Waals surface area contributed by atoms with E-state index in [2.05, 4.69) is 25.5 Å². The molecule has 1 fully saturated rings. The van der Waals surface area contributed by atoms with Gasteiger partial charge in [0.1, 0.15) is 17.5 Å². The van der Waals surface area contributed by atoms with Crippen molar-refractivity contribution in [3.8, 4) is 0 Å². The van der Waals surface area contributed by atoms with Crippen LogP contribution in [0.25, 0.3) is 0 Å². The van der Waals surface area contributed by atoms with Crippen LogP contribution in [0.2, 0.25) is 0 Å². The Morgan fingerprint density at radius 1 is 1.16 bits per heavy atom. The topological polar surface area (TPSA) is 83.0 Å². The SMILES string of the molecule is Cc1cccnc1Nc1cncc(C2CCN(CC(=O)Nc3ccccc3F)CC2)n1. The molecule has 0 aliphatic carbocycles. The van der Waals surface area contributed by atoms with E-state index in [1.165, 1.54) is 6.07 Å². The van der Waals surface area contributed by atoms with Crippen molar-refractivity contribution in [3.63, 3.8) is 0 Å². The van der Waals surface area contributed by atoms with Gasteiger partial charge in [0.25, 0.3) is 0 Å². The summed E-state index contributed by atoms with van der Waals surface area (Å²) in [6.07, 6.45) is 7.01. The van der Waals surface area contributed by atoms with Crippen LogP contribution in [-0.4, -0.2) is 45.4 Å². The lowest BCUT2D eigenvalue weighted by Gasteiger charge is -2.31. The summed E-state index contributed by atoms with van der Waals surface area (Å²) in [5.41, 5.74) is 2.19. The minimum Gasteiger partial charge on any atom is -0.323 e. The van der Waals surface area contributed by atoms with E-state index in [-0.39, 0.29) is 24.1 Å². The fourth-order valence-electron chi connectivity index (χ4n) is 3.72. The zero-order chi connectivity index (χ0) is 21.6.